The fourth-order valence-corrected chi connectivity index (χ4v) is 2.75. The Kier molecular flexibility index (Phi) is 6.25. The third-order valence-corrected chi connectivity index (χ3v) is 4.21. The molecule has 1 aromatic carbocycles. The monoisotopic (exact) mass is 339 g/mol. The predicted octanol–water partition coefficient (Wildman–Crippen LogP) is 1.67. The fourth-order valence-electron chi connectivity index (χ4n) is 2.75. The van der Waals surface area contributed by atoms with Crippen molar-refractivity contribution in [2.24, 2.45) is 11.7 Å². The van der Waals surface area contributed by atoms with Crippen molar-refractivity contribution in [1.82, 2.24) is 10.2 Å². The van der Waals surface area contributed by atoms with E-state index in [9.17, 15) is 18.4 Å². The van der Waals surface area contributed by atoms with Gasteiger partial charge in [-0.15, -0.1) is 0 Å². The highest BCUT2D eigenvalue weighted by Crippen LogP contribution is 2.20. The number of carbonyl (C=O) groups excluding carboxylic acids is 2. The summed E-state index contributed by atoms with van der Waals surface area (Å²) in [6.07, 6.45) is 1.77. The van der Waals surface area contributed by atoms with Crippen LogP contribution < -0.4 is 11.1 Å². The van der Waals surface area contributed by atoms with Gasteiger partial charge in [0.15, 0.2) is 0 Å². The average Bonchev–Trinajstić information content (AvgIpc) is 2.54. The SMILES string of the molecule is CC(N)CCNC(=O)C1CCN(C(=O)c2ccc(F)cc2F)CC1. The molecule has 1 aliphatic rings. The van der Waals surface area contributed by atoms with Gasteiger partial charge >= 0.3 is 0 Å². The van der Waals surface area contributed by atoms with Crippen molar-refractivity contribution in [1.29, 1.82) is 0 Å². The Morgan fingerprint density at radius 2 is 2.00 bits per heavy atom. The number of hydrogen-bond donors (Lipinski definition) is 2. The molecule has 1 aromatic rings. The molecule has 132 valence electrons. The summed E-state index contributed by atoms with van der Waals surface area (Å²) in [6.45, 7) is 3.17. The molecule has 7 heteroatoms. The van der Waals surface area contributed by atoms with Crippen LogP contribution in [0.4, 0.5) is 8.78 Å². The Balaban J connectivity index is 1.85. The molecule has 0 spiro atoms. The molecular formula is C17H23F2N3O2. The second-order valence-electron chi connectivity index (χ2n) is 6.25. The molecule has 1 atom stereocenters. The summed E-state index contributed by atoms with van der Waals surface area (Å²) >= 11 is 0. The van der Waals surface area contributed by atoms with Crippen molar-refractivity contribution in [2.75, 3.05) is 19.6 Å². The number of likely N-dealkylation sites (tertiary alicyclic amines) is 1. The van der Waals surface area contributed by atoms with Gasteiger partial charge in [-0.2, -0.15) is 0 Å². The van der Waals surface area contributed by atoms with Crippen LogP contribution in [0, 0.1) is 17.6 Å². The summed E-state index contributed by atoms with van der Waals surface area (Å²) in [6, 6.07) is 2.95. The highest BCUT2D eigenvalue weighted by molar-refractivity contribution is 5.94. The van der Waals surface area contributed by atoms with E-state index >= 15 is 0 Å². The van der Waals surface area contributed by atoms with Gasteiger partial charge in [-0.1, -0.05) is 0 Å². The number of nitrogens with zero attached hydrogens (tertiary/aromatic N) is 1. The molecule has 0 bridgehead atoms. The molecule has 1 unspecified atom stereocenters. The summed E-state index contributed by atoms with van der Waals surface area (Å²) < 4.78 is 26.6. The minimum absolute atomic E-state index is 0.0317. The largest absolute Gasteiger partial charge is 0.356 e. The van der Waals surface area contributed by atoms with Gasteiger partial charge in [0, 0.05) is 37.7 Å². The molecule has 0 aromatic heterocycles. The lowest BCUT2D eigenvalue weighted by atomic mass is 9.95. The van der Waals surface area contributed by atoms with Gasteiger partial charge in [0.1, 0.15) is 11.6 Å². The normalized spacial score (nSPS) is 16.8. The van der Waals surface area contributed by atoms with Gasteiger partial charge in [0.25, 0.3) is 5.91 Å². The van der Waals surface area contributed by atoms with Crippen LogP contribution in [0.3, 0.4) is 0 Å². The Morgan fingerprint density at radius 3 is 2.58 bits per heavy atom. The van der Waals surface area contributed by atoms with Crippen LogP contribution in [0.2, 0.25) is 0 Å². The standard InChI is InChI=1S/C17H23F2N3O2/c1-11(20)4-7-21-16(23)12-5-8-22(9-6-12)17(24)14-3-2-13(18)10-15(14)19/h2-3,10-12H,4-9,20H2,1H3,(H,21,23). The van der Waals surface area contributed by atoms with E-state index in [0.29, 0.717) is 45.0 Å². The number of amides is 2. The zero-order valence-electron chi connectivity index (χ0n) is 13.7. The van der Waals surface area contributed by atoms with Gasteiger partial charge in [-0.05, 0) is 38.3 Å². The Morgan fingerprint density at radius 1 is 1.33 bits per heavy atom. The summed E-state index contributed by atoms with van der Waals surface area (Å²) in [5.74, 6) is -2.23. The molecular weight excluding hydrogens is 316 g/mol. The van der Waals surface area contributed by atoms with Crippen LogP contribution in [0.5, 0.6) is 0 Å². The number of nitrogens with two attached hydrogens (primary N) is 1. The highest BCUT2D eigenvalue weighted by atomic mass is 19.1. The Hall–Kier alpha value is -2.02. The topological polar surface area (TPSA) is 75.4 Å². The Bertz CT molecular complexity index is 599. The first-order chi connectivity index (χ1) is 11.4. The van der Waals surface area contributed by atoms with Crippen molar-refractivity contribution >= 4 is 11.8 Å². The number of rotatable bonds is 5. The van der Waals surface area contributed by atoms with Crippen molar-refractivity contribution in [2.45, 2.75) is 32.2 Å². The van der Waals surface area contributed by atoms with Crippen molar-refractivity contribution in [3.8, 4) is 0 Å². The van der Waals surface area contributed by atoms with E-state index in [-0.39, 0.29) is 23.4 Å². The quantitative estimate of drug-likeness (QED) is 0.857. The molecule has 2 amide bonds. The molecule has 1 aliphatic heterocycles. The van der Waals surface area contributed by atoms with Crippen molar-refractivity contribution in [3.05, 3.63) is 35.4 Å². The molecule has 5 nitrogen and oxygen atoms in total. The number of piperidine rings is 1. The second kappa shape index (κ2) is 8.19. The molecule has 1 fully saturated rings. The third kappa shape index (κ3) is 4.74. The second-order valence-corrected chi connectivity index (χ2v) is 6.25. The number of halogens is 2. The van der Waals surface area contributed by atoms with Gasteiger partial charge in [0.05, 0.1) is 5.56 Å². The van der Waals surface area contributed by atoms with Crippen LogP contribution >= 0.6 is 0 Å². The average molecular weight is 339 g/mol. The lowest BCUT2D eigenvalue weighted by molar-refractivity contribution is -0.126. The minimum atomic E-state index is -0.865. The van der Waals surface area contributed by atoms with Crippen molar-refractivity contribution in [3.63, 3.8) is 0 Å². The molecule has 0 saturated carbocycles. The maximum Gasteiger partial charge on any atom is 0.256 e. The number of nitrogens with one attached hydrogen (secondary N) is 1. The predicted molar refractivity (Wildman–Crippen MR) is 86.3 cm³/mol. The molecule has 1 saturated heterocycles. The highest BCUT2D eigenvalue weighted by Gasteiger charge is 2.28. The summed E-state index contributed by atoms with van der Waals surface area (Å²) in [4.78, 5) is 25.9. The summed E-state index contributed by atoms with van der Waals surface area (Å²) in [5.41, 5.74) is 5.49. The summed E-state index contributed by atoms with van der Waals surface area (Å²) in [7, 11) is 0. The first-order valence-corrected chi connectivity index (χ1v) is 8.16. The zero-order valence-corrected chi connectivity index (χ0v) is 13.7. The van der Waals surface area contributed by atoms with Gasteiger partial charge in [-0.25, -0.2) is 8.78 Å². The molecule has 0 radical (unpaired) electrons. The Labute approximate surface area is 140 Å². The molecule has 2 rings (SSSR count). The van der Waals surface area contributed by atoms with E-state index in [0.717, 1.165) is 12.1 Å². The fraction of sp³-hybridized carbons (Fsp3) is 0.529. The summed E-state index contributed by atoms with van der Waals surface area (Å²) in [5, 5.41) is 2.85. The molecule has 24 heavy (non-hydrogen) atoms. The lowest BCUT2D eigenvalue weighted by Gasteiger charge is -2.31. The molecule has 0 aliphatic carbocycles. The number of benzene rings is 1. The van der Waals surface area contributed by atoms with Gasteiger partial charge < -0.3 is 16.0 Å². The minimum Gasteiger partial charge on any atom is -0.356 e. The maximum atomic E-state index is 13.7. The van der Waals surface area contributed by atoms with E-state index in [4.69, 9.17) is 5.73 Å². The molecule has 3 N–H and O–H groups in total. The molecule has 1 heterocycles. The number of hydrogen-bond acceptors (Lipinski definition) is 3. The van der Waals surface area contributed by atoms with Gasteiger partial charge in [0.2, 0.25) is 5.91 Å². The maximum absolute atomic E-state index is 13.7. The van der Waals surface area contributed by atoms with E-state index in [2.05, 4.69) is 5.32 Å². The van der Waals surface area contributed by atoms with Crippen molar-refractivity contribution < 1.29 is 18.4 Å². The number of carbonyl (C=O) groups is 2. The van der Waals surface area contributed by atoms with Gasteiger partial charge in [-0.3, -0.25) is 9.59 Å². The van der Waals surface area contributed by atoms with Crippen LogP contribution in [0.25, 0.3) is 0 Å². The first-order valence-electron chi connectivity index (χ1n) is 8.16. The lowest BCUT2D eigenvalue weighted by Crippen LogP contribution is -2.43. The zero-order chi connectivity index (χ0) is 17.7. The third-order valence-electron chi connectivity index (χ3n) is 4.21. The van der Waals surface area contributed by atoms with Crippen LogP contribution in [-0.2, 0) is 4.79 Å². The van der Waals surface area contributed by atoms with E-state index in [1.54, 1.807) is 0 Å². The van der Waals surface area contributed by atoms with Crippen LogP contribution in [0.15, 0.2) is 18.2 Å². The van der Waals surface area contributed by atoms with E-state index in [1.165, 1.54) is 4.90 Å². The first kappa shape index (κ1) is 18.3. The van der Waals surface area contributed by atoms with Crippen LogP contribution in [0.1, 0.15) is 36.5 Å². The van der Waals surface area contributed by atoms with Crippen LogP contribution in [-0.4, -0.2) is 42.4 Å². The van der Waals surface area contributed by atoms with E-state index < -0.39 is 17.5 Å². The smallest absolute Gasteiger partial charge is 0.256 e. The van der Waals surface area contributed by atoms with E-state index in [1.807, 2.05) is 6.92 Å².